The third-order valence-corrected chi connectivity index (χ3v) is 10.1. The number of thioether (sulfide) groups is 1. The SMILES string of the molecule is CCN(C)/C=N/c1cc(C)c(CC23CC(C(c4ccc5c(c4)CCCC5)=CS2)C3C)cc1Cl. The fourth-order valence-electron chi connectivity index (χ4n) is 5.78. The average Bonchev–Trinajstić information content (AvgIpc) is 2.84. The van der Waals surface area contributed by atoms with E-state index in [9.17, 15) is 0 Å². The zero-order chi connectivity index (χ0) is 23.2. The van der Waals surface area contributed by atoms with Crippen LogP contribution < -0.4 is 0 Å². The highest BCUT2D eigenvalue weighted by Gasteiger charge is 2.55. The summed E-state index contributed by atoms with van der Waals surface area (Å²) in [6.45, 7) is 7.70. The molecule has 6 rings (SSSR count). The van der Waals surface area contributed by atoms with Gasteiger partial charge in [-0.3, -0.25) is 0 Å². The number of hydrogen-bond acceptors (Lipinski definition) is 2. The summed E-state index contributed by atoms with van der Waals surface area (Å²) in [5, 5.41) is 3.23. The summed E-state index contributed by atoms with van der Waals surface area (Å²) < 4.78 is 0.295. The van der Waals surface area contributed by atoms with Crippen molar-refractivity contribution in [3.05, 3.63) is 68.6 Å². The van der Waals surface area contributed by atoms with Crippen molar-refractivity contribution in [2.75, 3.05) is 13.6 Å². The molecule has 2 aliphatic carbocycles. The number of aliphatic imine (C=N–C) groups is 1. The van der Waals surface area contributed by atoms with Crippen LogP contribution in [0.5, 0.6) is 0 Å². The van der Waals surface area contributed by atoms with E-state index >= 15 is 0 Å². The van der Waals surface area contributed by atoms with Crippen molar-refractivity contribution in [3.63, 3.8) is 0 Å². The fraction of sp³-hybridized carbons (Fsp3) is 0.483. The normalized spacial score (nSPS) is 26.0. The number of hydrogen-bond donors (Lipinski definition) is 0. The van der Waals surface area contributed by atoms with Crippen LogP contribution >= 0.6 is 23.4 Å². The smallest absolute Gasteiger partial charge is 0.0910 e. The molecular weight excluding hydrogens is 444 g/mol. The monoisotopic (exact) mass is 478 g/mol. The first-order chi connectivity index (χ1) is 15.9. The Labute approximate surface area is 208 Å². The zero-order valence-electron chi connectivity index (χ0n) is 20.3. The van der Waals surface area contributed by atoms with Crippen molar-refractivity contribution in [2.45, 2.75) is 64.0 Å². The van der Waals surface area contributed by atoms with Gasteiger partial charge in [0.2, 0.25) is 0 Å². The van der Waals surface area contributed by atoms with E-state index in [-0.39, 0.29) is 0 Å². The fourth-order valence-corrected chi connectivity index (χ4v) is 7.58. The lowest BCUT2D eigenvalue weighted by molar-refractivity contribution is 0.169. The predicted molar refractivity (Wildman–Crippen MR) is 145 cm³/mol. The quantitative estimate of drug-likeness (QED) is 0.310. The highest BCUT2D eigenvalue weighted by atomic mass is 35.5. The van der Waals surface area contributed by atoms with Gasteiger partial charge >= 0.3 is 0 Å². The van der Waals surface area contributed by atoms with E-state index in [4.69, 9.17) is 11.6 Å². The van der Waals surface area contributed by atoms with Crippen LogP contribution in [0.3, 0.4) is 0 Å². The summed E-state index contributed by atoms with van der Waals surface area (Å²) in [7, 11) is 2.03. The lowest BCUT2D eigenvalue weighted by atomic mass is 9.59. The lowest BCUT2D eigenvalue weighted by Crippen LogP contribution is -2.53. The molecule has 174 valence electrons. The molecule has 4 heteroatoms. The molecular formula is C29H35ClN2S. The minimum Gasteiger partial charge on any atom is -0.366 e. The van der Waals surface area contributed by atoms with E-state index in [1.807, 2.05) is 13.4 Å². The molecule has 3 unspecified atom stereocenters. The van der Waals surface area contributed by atoms with Crippen LogP contribution in [-0.2, 0) is 19.3 Å². The maximum absolute atomic E-state index is 6.65. The summed E-state index contributed by atoms with van der Waals surface area (Å²) in [5.74, 6) is 1.35. The molecule has 2 aromatic carbocycles. The van der Waals surface area contributed by atoms with Crippen molar-refractivity contribution < 1.29 is 0 Å². The summed E-state index contributed by atoms with van der Waals surface area (Å²) in [6.07, 6.45) is 9.40. The number of rotatable bonds is 6. The molecule has 0 amide bonds. The van der Waals surface area contributed by atoms with E-state index in [0.29, 0.717) is 16.6 Å². The van der Waals surface area contributed by atoms with Gasteiger partial charge in [-0.05, 0) is 115 Å². The minimum absolute atomic E-state index is 0.295. The number of aryl methyl sites for hydroxylation is 3. The summed E-state index contributed by atoms with van der Waals surface area (Å²) in [4.78, 5) is 6.65. The Morgan fingerprint density at radius 1 is 1.18 bits per heavy atom. The van der Waals surface area contributed by atoms with E-state index in [2.05, 4.69) is 78.2 Å². The van der Waals surface area contributed by atoms with E-state index in [0.717, 1.165) is 23.7 Å². The first kappa shape index (κ1) is 23.1. The first-order valence-electron chi connectivity index (χ1n) is 12.4. The number of fused-ring (bicyclic) bond motifs is 2. The van der Waals surface area contributed by atoms with Gasteiger partial charge in [0.05, 0.1) is 17.0 Å². The molecule has 0 aromatic heterocycles. The molecule has 4 aliphatic rings. The second kappa shape index (κ2) is 9.15. The molecule has 2 bridgehead atoms. The van der Waals surface area contributed by atoms with Gasteiger partial charge in [-0.2, -0.15) is 0 Å². The molecule has 2 nitrogen and oxygen atoms in total. The Kier molecular flexibility index (Phi) is 6.39. The molecule has 2 aliphatic heterocycles. The molecule has 0 radical (unpaired) electrons. The molecule has 0 saturated heterocycles. The van der Waals surface area contributed by atoms with Gasteiger partial charge in [0, 0.05) is 18.3 Å². The van der Waals surface area contributed by atoms with Crippen LogP contribution in [0.4, 0.5) is 5.69 Å². The maximum Gasteiger partial charge on any atom is 0.0910 e. The molecule has 1 saturated carbocycles. The van der Waals surface area contributed by atoms with E-state index < -0.39 is 0 Å². The molecule has 33 heavy (non-hydrogen) atoms. The Bertz CT molecular complexity index is 1120. The number of nitrogens with zero attached hydrogens (tertiary/aromatic N) is 2. The van der Waals surface area contributed by atoms with Crippen molar-refractivity contribution in [1.82, 2.24) is 4.90 Å². The third-order valence-electron chi connectivity index (χ3n) is 8.29. The number of allylic oxidation sites excluding steroid dienone is 1. The van der Waals surface area contributed by atoms with Gasteiger partial charge in [-0.15, -0.1) is 11.8 Å². The van der Waals surface area contributed by atoms with Gasteiger partial charge in [0.1, 0.15) is 0 Å². The van der Waals surface area contributed by atoms with Gasteiger partial charge in [-0.1, -0.05) is 36.7 Å². The Morgan fingerprint density at radius 3 is 2.70 bits per heavy atom. The van der Waals surface area contributed by atoms with Gasteiger partial charge in [0.25, 0.3) is 0 Å². The molecule has 0 N–H and O–H groups in total. The van der Waals surface area contributed by atoms with E-state index in [1.165, 1.54) is 48.8 Å². The Morgan fingerprint density at radius 2 is 1.97 bits per heavy atom. The predicted octanol–water partition coefficient (Wildman–Crippen LogP) is 7.86. The standard InChI is InChI=1S/C29H35ClN2S/c1-5-32(4)18-31-28-12-19(2)24(14-27(28)30)15-29-16-25(20(29)3)26(17-33-29)23-11-10-21-8-6-7-9-22(21)13-23/h10-14,17-18,20,25H,5-9,15-16H2,1-4H3/b31-18+. The van der Waals surface area contributed by atoms with Crippen LogP contribution in [0.2, 0.25) is 5.02 Å². The van der Waals surface area contributed by atoms with Crippen molar-refractivity contribution in [2.24, 2.45) is 16.8 Å². The van der Waals surface area contributed by atoms with Gasteiger partial charge in [0.15, 0.2) is 0 Å². The van der Waals surface area contributed by atoms with Crippen LogP contribution in [0.15, 0.2) is 40.7 Å². The average molecular weight is 479 g/mol. The molecule has 2 aromatic rings. The third kappa shape index (κ3) is 4.28. The second-order valence-corrected chi connectivity index (χ2v) is 12.0. The Hall–Kier alpha value is -1.71. The van der Waals surface area contributed by atoms with Crippen LogP contribution in [0.1, 0.15) is 60.9 Å². The van der Waals surface area contributed by atoms with Crippen molar-refractivity contribution >= 4 is 41.0 Å². The van der Waals surface area contributed by atoms with Crippen LogP contribution in [0.25, 0.3) is 5.57 Å². The Balaban J connectivity index is 1.35. The summed E-state index contributed by atoms with van der Waals surface area (Å²) in [5.41, 5.74) is 9.72. The highest BCUT2D eigenvalue weighted by molar-refractivity contribution is 8.03. The molecule has 2 heterocycles. The number of halogens is 1. The van der Waals surface area contributed by atoms with Crippen molar-refractivity contribution in [1.29, 1.82) is 0 Å². The van der Waals surface area contributed by atoms with Gasteiger partial charge < -0.3 is 4.90 Å². The van der Waals surface area contributed by atoms with Gasteiger partial charge in [-0.25, -0.2) is 4.99 Å². The first-order valence-corrected chi connectivity index (χ1v) is 13.7. The van der Waals surface area contributed by atoms with Crippen LogP contribution in [0, 0.1) is 18.8 Å². The van der Waals surface area contributed by atoms with Crippen molar-refractivity contribution in [3.8, 4) is 0 Å². The minimum atomic E-state index is 0.295. The highest BCUT2D eigenvalue weighted by Crippen LogP contribution is 2.63. The number of benzene rings is 2. The van der Waals surface area contributed by atoms with Crippen LogP contribution in [-0.4, -0.2) is 29.6 Å². The second-order valence-electron chi connectivity index (χ2n) is 10.3. The summed E-state index contributed by atoms with van der Waals surface area (Å²) in [6, 6.07) is 11.6. The lowest BCUT2D eigenvalue weighted by Gasteiger charge is -2.57. The van der Waals surface area contributed by atoms with E-state index in [1.54, 1.807) is 16.7 Å². The molecule has 0 spiro atoms. The zero-order valence-corrected chi connectivity index (χ0v) is 21.9. The molecule has 1 fully saturated rings. The largest absolute Gasteiger partial charge is 0.366 e. The maximum atomic E-state index is 6.65. The topological polar surface area (TPSA) is 15.6 Å². The molecule has 3 atom stereocenters. The summed E-state index contributed by atoms with van der Waals surface area (Å²) >= 11 is 8.72.